The number of amides is 1. The number of nitrogens with two attached hydrogens (primary N) is 1. The van der Waals surface area contributed by atoms with Crippen LogP contribution in [0.15, 0.2) is 53.4 Å². The second-order valence-electron chi connectivity index (χ2n) is 5.66. The minimum atomic E-state index is -3.76. The van der Waals surface area contributed by atoms with Gasteiger partial charge in [0.2, 0.25) is 26.0 Å². The summed E-state index contributed by atoms with van der Waals surface area (Å²) in [5.74, 6) is -0.699. The van der Waals surface area contributed by atoms with Gasteiger partial charge in [-0.05, 0) is 35.9 Å². The van der Waals surface area contributed by atoms with Crippen molar-refractivity contribution in [1.29, 1.82) is 0 Å². The van der Waals surface area contributed by atoms with E-state index in [1.807, 2.05) is 0 Å². The Hall–Kier alpha value is -1.98. The third-order valence-corrected chi connectivity index (χ3v) is 5.79. The van der Waals surface area contributed by atoms with E-state index >= 15 is 0 Å². The van der Waals surface area contributed by atoms with E-state index in [1.165, 1.54) is 42.5 Å². The lowest BCUT2D eigenvalue weighted by molar-refractivity contribution is -0.116. The molecule has 8 nitrogen and oxygen atoms in total. The van der Waals surface area contributed by atoms with Gasteiger partial charge in [-0.15, -0.1) is 0 Å². The second kappa shape index (κ2) is 8.81. The Morgan fingerprint density at radius 1 is 1.04 bits per heavy atom. The van der Waals surface area contributed by atoms with Crippen molar-refractivity contribution in [1.82, 2.24) is 4.72 Å². The van der Waals surface area contributed by atoms with Crippen LogP contribution in [-0.2, 0) is 30.6 Å². The highest BCUT2D eigenvalue weighted by Crippen LogP contribution is 2.15. The highest BCUT2D eigenvalue weighted by atomic mass is 35.5. The summed E-state index contributed by atoms with van der Waals surface area (Å²) >= 11 is 5.78. The maximum atomic E-state index is 12.1. The predicted molar refractivity (Wildman–Crippen MR) is 103 cm³/mol. The second-order valence-corrected chi connectivity index (χ2v) is 9.48. The van der Waals surface area contributed by atoms with E-state index in [-0.39, 0.29) is 23.6 Å². The van der Waals surface area contributed by atoms with E-state index in [9.17, 15) is 21.6 Å². The van der Waals surface area contributed by atoms with Gasteiger partial charge in [0.25, 0.3) is 0 Å². The Balaban J connectivity index is 1.86. The molecule has 2 aromatic rings. The summed E-state index contributed by atoms with van der Waals surface area (Å²) in [4.78, 5) is 11.9. The first-order valence-electron chi connectivity index (χ1n) is 7.70. The maximum absolute atomic E-state index is 12.1. The van der Waals surface area contributed by atoms with Gasteiger partial charge >= 0.3 is 0 Å². The van der Waals surface area contributed by atoms with Crippen molar-refractivity contribution in [2.75, 3.05) is 11.9 Å². The fraction of sp³-hybridized carbons (Fsp3) is 0.188. The summed E-state index contributed by atoms with van der Waals surface area (Å²) in [6, 6.07) is 11.9. The van der Waals surface area contributed by atoms with Crippen LogP contribution in [0.5, 0.6) is 0 Å². The fourth-order valence-electron chi connectivity index (χ4n) is 2.16. The molecule has 0 aromatic heterocycles. The normalized spacial score (nSPS) is 11.9. The Morgan fingerprint density at radius 2 is 1.70 bits per heavy atom. The van der Waals surface area contributed by atoms with Crippen LogP contribution in [-0.4, -0.2) is 29.3 Å². The quantitative estimate of drug-likeness (QED) is 0.581. The van der Waals surface area contributed by atoms with E-state index in [0.29, 0.717) is 16.3 Å². The van der Waals surface area contributed by atoms with Gasteiger partial charge in [0, 0.05) is 23.7 Å². The number of carbonyl (C=O) groups excluding carboxylic acids is 1. The third-order valence-electron chi connectivity index (χ3n) is 3.36. The number of benzene rings is 2. The smallest absolute Gasteiger partial charge is 0.240 e. The lowest BCUT2D eigenvalue weighted by Gasteiger charge is -2.08. The Bertz CT molecular complexity index is 1020. The Morgan fingerprint density at radius 3 is 2.30 bits per heavy atom. The topological polar surface area (TPSA) is 135 Å². The molecule has 0 saturated carbocycles. The minimum absolute atomic E-state index is 0.0147. The number of sulfonamides is 2. The van der Waals surface area contributed by atoms with Crippen molar-refractivity contribution in [2.24, 2.45) is 5.14 Å². The van der Waals surface area contributed by atoms with Crippen LogP contribution in [0.4, 0.5) is 5.69 Å². The summed E-state index contributed by atoms with van der Waals surface area (Å²) in [6.45, 7) is -0.0931. The summed E-state index contributed by atoms with van der Waals surface area (Å²) in [5.41, 5.74) is 0.945. The lowest BCUT2D eigenvalue weighted by atomic mass is 10.2. The van der Waals surface area contributed by atoms with E-state index in [0.717, 1.165) is 0 Å². The highest BCUT2D eigenvalue weighted by Gasteiger charge is 2.14. The first-order chi connectivity index (χ1) is 12.5. The van der Waals surface area contributed by atoms with Gasteiger partial charge in [-0.1, -0.05) is 29.8 Å². The first kappa shape index (κ1) is 21.3. The molecule has 0 aliphatic carbocycles. The number of anilines is 1. The summed E-state index contributed by atoms with van der Waals surface area (Å²) < 4.78 is 48.6. The largest absolute Gasteiger partial charge is 0.326 e. The molecule has 1 amide bonds. The molecule has 146 valence electrons. The lowest BCUT2D eigenvalue weighted by Crippen LogP contribution is -2.27. The van der Waals surface area contributed by atoms with Gasteiger partial charge < -0.3 is 5.32 Å². The van der Waals surface area contributed by atoms with E-state index < -0.39 is 26.0 Å². The summed E-state index contributed by atoms with van der Waals surface area (Å²) in [5, 5.41) is 7.85. The molecular weight excluding hydrogens is 414 g/mol. The zero-order chi connectivity index (χ0) is 20.1. The fourth-order valence-corrected chi connectivity index (χ4v) is 4.15. The molecule has 0 bridgehead atoms. The van der Waals surface area contributed by atoms with Crippen molar-refractivity contribution in [3.8, 4) is 0 Å². The SMILES string of the molecule is NS(=O)(=O)Cc1ccc(NC(=O)CCNS(=O)(=O)c2cccc(Cl)c2)cc1. The number of halogens is 1. The molecule has 0 unspecified atom stereocenters. The van der Waals surface area contributed by atoms with Crippen LogP contribution in [0.25, 0.3) is 0 Å². The van der Waals surface area contributed by atoms with Crippen molar-refractivity contribution >= 4 is 43.2 Å². The van der Waals surface area contributed by atoms with Crippen LogP contribution < -0.4 is 15.2 Å². The van der Waals surface area contributed by atoms with Gasteiger partial charge in [-0.3, -0.25) is 4.79 Å². The summed E-state index contributed by atoms with van der Waals surface area (Å²) in [6.07, 6.45) is -0.0846. The van der Waals surface area contributed by atoms with Crippen LogP contribution in [0, 0.1) is 0 Å². The van der Waals surface area contributed by atoms with E-state index in [1.54, 1.807) is 6.07 Å². The molecule has 0 heterocycles. The molecule has 2 aromatic carbocycles. The van der Waals surface area contributed by atoms with Crippen LogP contribution in [0.2, 0.25) is 5.02 Å². The first-order valence-corrected chi connectivity index (χ1v) is 11.3. The Kier molecular flexibility index (Phi) is 6.95. The molecule has 0 saturated heterocycles. The number of hydrogen-bond acceptors (Lipinski definition) is 5. The molecule has 11 heteroatoms. The molecule has 0 aliphatic rings. The van der Waals surface area contributed by atoms with Crippen LogP contribution in [0.1, 0.15) is 12.0 Å². The molecule has 27 heavy (non-hydrogen) atoms. The molecule has 0 aliphatic heterocycles. The van der Waals surface area contributed by atoms with Crippen molar-refractivity contribution in [3.63, 3.8) is 0 Å². The van der Waals surface area contributed by atoms with Gasteiger partial charge in [-0.2, -0.15) is 0 Å². The Labute approximate surface area is 162 Å². The van der Waals surface area contributed by atoms with E-state index in [2.05, 4.69) is 10.0 Å². The number of hydrogen-bond donors (Lipinski definition) is 3. The average molecular weight is 432 g/mol. The molecule has 4 N–H and O–H groups in total. The van der Waals surface area contributed by atoms with Crippen LogP contribution in [0.3, 0.4) is 0 Å². The van der Waals surface area contributed by atoms with Crippen LogP contribution >= 0.6 is 11.6 Å². The van der Waals surface area contributed by atoms with Gasteiger partial charge in [-0.25, -0.2) is 26.7 Å². The van der Waals surface area contributed by atoms with Gasteiger partial charge in [0.05, 0.1) is 10.6 Å². The van der Waals surface area contributed by atoms with Gasteiger partial charge in [0.1, 0.15) is 0 Å². The van der Waals surface area contributed by atoms with Gasteiger partial charge in [0.15, 0.2) is 0 Å². The maximum Gasteiger partial charge on any atom is 0.240 e. The summed E-state index contributed by atoms with van der Waals surface area (Å²) in [7, 11) is -7.38. The third kappa shape index (κ3) is 7.27. The number of nitrogens with one attached hydrogen (secondary N) is 2. The van der Waals surface area contributed by atoms with Crippen molar-refractivity contribution in [3.05, 3.63) is 59.1 Å². The number of carbonyl (C=O) groups is 1. The molecule has 0 atom stereocenters. The average Bonchev–Trinajstić information content (AvgIpc) is 2.55. The van der Waals surface area contributed by atoms with Crippen molar-refractivity contribution < 1.29 is 21.6 Å². The zero-order valence-corrected chi connectivity index (χ0v) is 16.4. The standard InChI is InChI=1S/C16H18ClN3O5S2/c17-13-2-1-3-15(10-13)27(24,25)19-9-8-16(21)20-14-6-4-12(5-7-14)11-26(18,22)23/h1-7,10,19H,8-9,11H2,(H,20,21)(H2,18,22,23). The molecule has 0 spiro atoms. The monoisotopic (exact) mass is 431 g/mol. The predicted octanol–water partition coefficient (Wildman–Crippen LogP) is 1.44. The molecule has 2 rings (SSSR count). The van der Waals surface area contributed by atoms with Crippen molar-refractivity contribution in [2.45, 2.75) is 17.1 Å². The number of rotatable bonds is 8. The highest BCUT2D eigenvalue weighted by molar-refractivity contribution is 7.89. The zero-order valence-electron chi connectivity index (χ0n) is 14.1. The molecular formula is C16H18ClN3O5S2. The molecule has 0 fully saturated rings. The number of primary sulfonamides is 1. The molecule has 0 radical (unpaired) electrons. The van der Waals surface area contributed by atoms with E-state index in [4.69, 9.17) is 16.7 Å². The minimum Gasteiger partial charge on any atom is -0.326 e.